The number of hydrogen-bond donors (Lipinski definition) is 1. The Kier molecular flexibility index (Phi) is 3.35. The van der Waals surface area contributed by atoms with Crippen LogP contribution in [0.5, 0.6) is 0 Å². The van der Waals surface area contributed by atoms with E-state index in [1.54, 1.807) is 0 Å². The van der Waals surface area contributed by atoms with Crippen LogP contribution in [0.25, 0.3) is 11.0 Å². The number of furan rings is 1. The van der Waals surface area contributed by atoms with Crippen molar-refractivity contribution in [2.75, 3.05) is 13.2 Å². The van der Waals surface area contributed by atoms with Crippen molar-refractivity contribution in [3.8, 4) is 0 Å². The van der Waals surface area contributed by atoms with E-state index < -0.39 is 0 Å². The summed E-state index contributed by atoms with van der Waals surface area (Å²) in [6.07, 6.45) is 2.72. The zero-order valence-corrected chi connectivity index (χ0v) is 10.7. The van der Waals surface area contributed by atoms with Crippen molar-refractivity contribution in [1.29, 1.82) is 0 Å². The number of rotatable bonds is 4. The molecule has 0 amide bonds. The fourth-order valence-electron chi connectivity index (χ4n) is 2.43. The van der Waals surface area contributed by atoms with Gasteiger partial charge in [-0.25, -0.2) is 0 Å². The van der Waals surface area contributed by atoms with Gasteiger partial charge in [0.1, 0.15) is 11.3 Å². The Morgan fingerprint density at radius 2 is 2.28 bits per heavy atom. The third kappa shape index (κ3) is 2.42. The Bertz CT molecular complexity index is 481. The van der Waals surface area contributed by atoms with Gasteiger partial charge in [0.25, 0.3) is 0 Å². The molecule has 0 aliphatic carbocycles. The molecule has 0 spiro atoms. The largest absolute Gasteiger partial charge is 0.459 e. The van der Waals surface area contributed by atoms with Crippen LogP contribution in [0.1, 0.15) is 31.6 Å². The Labute approximate surface area is 107 Å². The van der Waals surface area contributed by atoms with Crippen molar-refractivity contribution < 1.29 is 9.15 Å². The highest BCUT2D eigenvalue weighted by Gasteiger charge is 2.17. The quantitative estimate of drug-likeness (QED) is 0.897. The highest BCUT2D eigenvalue weighted by Crippen LogP contribution is 2.23. The Morgan fingerprint density at radius 3 is 3.06 bits per heavy atom. The first-order valence-electron chi connectivity index (χ1n) is 6.66. The van der Waals surface area contributed by atoms with Gasteiger partial charge in [0.15, 0.2) is 0 Å². The number of fused-ring (bicyclic) bond motifs is 1. The molecule has 2 heterocycles. The van der Waals surface area contributed by atoms with Crippen LogP contribution in [-0.4, -0.2) is 19.3 Å². The normalized spacial score (nSPS) is 21.5. The predicted molar refractivity (Wildman–Crippen MR) is 71.6 cm³/mol. The maximum absolute atomic E-state index is 5.84. The van der Waals surface area contributed by atoms with Gasteiger partial charge in [0.2, 0.25) is 0 Å². The zero-order valence-electron chi connectivity index (χ0n) is 10.7. The van der Waals surface area contributed by atoms with Crippen LogP contribution in [0, 0.1) is 0 Å². The van der Waals surface area contributed by atoms with Crippen LogP contribution in [0.15, 0.2) is 34.7 Å². The molecule has 3 rings (SSSR count). The van der Waals surface area contributed by atoms with Crippen LogP contribution in [-0.2, 0) is 4.74 Å². The molecule has 1 fully saturated rings. The fraction of sp³-hybridized carbons (Fsp3) is 0.467. The molecule has 0 saturated carbocycles. The molecule has 96 valence electrons. The summed E-state index contributed by atoms with van der Waals surface area (Å²) in [5, 5.41) is 4.65. The van der Waals surface area contributed by atoms with E-state index in [-0.39, 0.29) is 6.04 Å². The van der Waals surface area contributed by atoms with Crippen molar-refractivity contribution in [3.63, 3.8) is 0 Å². The van der Waals surface area contributed by atoms with E-state index >= 15 is 0 Å². The van der Waals surface area contributed by atoms with Crippen molar-refractivity contribution in [3.05, 3.63) is 36.1 Å². The van der Waals surface area contributed by atoms with Crippen LogP contribution in [0.4, 0.5) is 0 Å². The first-order valence-corrected chi connectivity index (χ1v) is 6.66. The van der Waals surface area contributed by atoms with Crippen LogP contribution in [0.2, 0.25) is 0 Å². The molecule has 1 aromatic carbocycles. The van der Waals surface area contributed by atoms with E-state index in [1.165, 1.54) is 18.2 Å². The number of nitrogens with one attached hydrogen (secondary N) is 1. The van der Waals surface area contributed by atoms with Gasteiger partial charge in [0.05, 0.1) is 12.1 Å². The third-order valence-corrected chi connectivity index (χ3v) is 3.55. The second kappa shape index (κ2) is 5.12. The molecule has 1 saturated heterocycles. The van der Waals surface area contributed by atoms with Crippen molar-refractivity contribution in [1.82, 2.24) is 5.32 Å². The van der Waals surface area contributed by atoms with Gasteiger partial charge in [-0.2, -0.15) is 0 Å². The highest BCUT2D eigenvalue weighted by molar-refractivity contribution is 5.77. The Hall–Kier alpha value is -1.32. The monoisotopic (exact) mass is 245 g/mol. The second-order valence-electron chi connectivity index (χ2n) is 4.95. The summed E-state index contributed by atoms with van der Waals surface area (Å²) in [7, 11) is 0. The van der Waals surface area contributed by atoms with Gasteiger partial charge in [-0.1, -0.05) is 18.2 Å². The number of ether oxygens (including phenoxy) is 1. The lowest BCUT2D eigenvalue weighted by molar-refractivity contribution is 0.107. The number of para-hydroxylation sites is 1. The Balaban J connectivity index is 1.65. The first kappa shape index (κ1) is 11.8. The summed E-state index contributed by atoms with van der Waals surface area (Å²) in [5.74, 6) is 0.995. The lowest BCUT2D eigenvalue weighted by atomic mass is 10.2. The van der Waals surface area contributed by atoms with Gasteiger partial charge in [-0.15, -0.1) is 0 Å². The molecular weight excluding hydrogens is 226 g/mol. The molecule has 0 radical (unpaired) electrons. The molecule has 3 nitrogen and oxygen atoms in total. The van der Waals surface area contributed by atoms with Gasteiger partial charge < -0.3 is 14.5 Å². The summed E-state index contributed by atoms with van der Waals surface area (Å²) >= 11 is 0. The average molecular weight is 245 g/mol. The molecule has 2 aromatic rings. The van der Waals surface area contributed by atoms with Crippen molar-refractivity contribution in [2.45, 2.75) is 31.9 Å². The van der Waals surface area contributed by atoms with Crippen LogP contribution >= 0.6 is 0 Å². The number of hydrogen-bond acceptors (Lipinski definition) is 3. The zero-order chi connectivity index (χ0) is 12.4. The number of benzene rings is 1. The van der Waals surface area contributed by atoms with E-state index in [4.69, 9.17) is 9.15 Å². The molecule has 1 aromatic heterocycles. The van der Waals surface area contributed by atoms with Crippen LogP contribution in [0.3, 0.4) is 0 Å². The summed E-state index contributed by atoms with van der Waals surface area (Å²) in [6, 6.07) is 10.5. The molecule has 1 aliphatic rings. The van der Waals surface area contributed by atoms with Gasteiger partial charge in [-0.3, -0.25) is 0 Å². The highest BCUT2D eigenvalue weighted by atomic mass is 16.5. The minimum Gasteiger partial charge on any atom is -0.459 e. The molecule has 1 N–H and O–H groups in total. The molecule has 3 heteroatoms. The summed E-state index contributed by atoms with van der Waals surface area (Å²) < 4.78 is 11.4. The summed E-state index contributed by atoms with van der Waals surface area (Å²) in [6.45, 7) is 3.94. The summed E-state index contributed by atoms with van der Waals surface area (Å²) in [4.78, 5) is 0. The predicted octanol–water partition coefficient (Wildman–Crippen LogP) is 3.26. The van der Waals surface area contributed by atoms with E-state index in [0.29, 0.717) is 6.10 Å². The third-order valence-electron chi connectivity index (χ3n) is 3.55. The lowest BCUT2D eigenvalue weighted by Gasteiger charge is -2.14. The standard InChI is InChI=1S/C15H19NO2/c1-11(16-10-13-6-4-8-17-13)15-9-12-5-2-3-7-14(12)18-15/h2-3,5,7,9,11,13,16H,4,6,8,10H2,1H3. The summed E-state index contributed by atoms with van der Waals surface area (Å²) in [5.41, 5.74) is 0.957. The van der Waals surface area contributed by atoms with Crippen molar-refractivity contribution >= 4 is 11.0 Å². The molecule has 18 heavy (non-hydrogen) atoms. The topological polar surface area (TPSA) is 34.4 Å². The lowest BCUT2D eigenvalue weighted by Crippen LogP contribution is -2.28. The van der Waals surface area contributed by atoms with E-state index in [0.717, 1.165) is 24.5 Å². The first-order chi connectivity index (χ1) is 8.83. The molecule has 2 unspecified atom stereocenters. The molecular formula is C15H19NO2. The Morgan fingerprint density at radius 1 is 1.39 bits per heavy atom. The maximum Gasteiger partial charge on any atom is 0.134 e. The second-order valence-corrected chi connectivity index (χ2v) is 4.95. The van der Waals surface area contributed by atoms with E-state index in [9.17, 15) is 0 Å². The van der Waals surface area contributed by atoms with Gasteiger partial charge in [0, 0.05) is 18.5 Å². The SMILES string of the molecule is CC(NCC1CCCO1)c1cc2ccccc2o1. The minimum absolute atomic E-state index is 0.224. The van der Waals surface area contributed by atoms with Crippen molar-refractivity contribution in [2.24, 2.45) is 0 Å². The van der Waals surface area contributed by atoms with Gasteiger partial charge in [-0.05, 0) is 31.9 Å². The smallest absolute Gasteiger partial charge is 0.134 e. The maximum atomic E-state index is 5.84. The van der Waals surface area contributed by atoms with E-state index in [2.05, 4.69) is 24.4 Å². The van der Waals surface area contributed by atoms with Crippen LogP contribution < -0.4 is 5.32 Å². The minimum atomic E-state index is 0.224. The van der Waals surface area contributed by atoms with Gasteiger partial charge >= 0.3 is 0 Å². The molecule has 2 atom stereocenters. The van der Waals surface area contributed by atoms with E-state index in [1.807, 2.05) is 18.2 Å². The molecule has 1 aliphatic heterocycles. The molecule has 0 bridgehead atoms. The average Bonchev–Trinajstić information content (AvgIpc) is 3.04. The fourth-order valence-corrected chi connectivity index (χ4v) is 2.43.